The summed E-state index contributed by atoms with van der Waals surface area (Å²) in [4.78, 5) is 17.9. The average molecular weight is 311 g/mol. The van der Waals surface area contributed by atoms with Crippen molar-refractivity contribution in [2.45, 2.75) is 12.8 Å². The Kier molecular flexibility index (Phi) is 2.44. The predicted molar refractivity (Wildman–Crippen MR) is 94.2 cm³/mol. The van der Waals surface area contributed by atoms with Crippen LogP contribution in [0.1, 0.15) is 24.2 Å². The fourth-order valence-corrected chi connectivity index (χ4v) is 3.91. The number of allylic oxidation sites excluding steroid dienone is 1. The van der Waals surface area contributed by atoms with Crippen molar-refractivity contribution in [2.24, 2.45) is 5.92 Å². The third-order valence-electron chi connectivity index (χ3n) is 5.10. The van der Waals surface area contributed by atoms with Gasteiger partial charge in [0.1, 0.15) is 5.65 Å². The second kappa shape index (κ2) is 4.42. The fraction of sp³-hybridized carbons (Fsp3) is 0.150. The standard InChI is InChI=1S/C20H13N3O/c1-11-13(10-21)8-9-16-18(11)23-19(22-16)14-6-2-4-12-5-3-7-15(17(12)14)20(23)24/h2-9,11,13H,1H3. The lowest BCUT2D eigenvalue weighted by atomic mass is 9.87. The second-order valence-corrected chi connectivity index (χ2v) is 6.36. The maximum Gasteiger partial charge on any atom is 0.264 e. The zero-order valence-corrected chi connectivity index (χ0v) is 13.0. The lowest BCUT2D eigenvalue weighted by Gasteiger charge is -2.19. The quantitative estimate of drug-likeness (QED) is 0.497. The number of nitrogens with zero attached hydrogens (tertiary/aromatic N) is 3. The van der Waals surface area contributed by atoms with Crippen LogP contribution in [0, 0.1) is 17.2 Å². The Morgan fingerprint density at radius 2 is 1.92 bits per heavy atom. The monoisotopic (exact) mass is 311 g/mol. The number of pyridine rings is 1. The van der Waals surface area contributed by atoms with E-state index in [1.54, 1.807) is 4.40 Å². The van der Waals surface area contributed by atoms with E-state index < -0.39 is 0 Å². The van der Waals surface area contributed by atoms with Gasteiger partial charge in [0.05, 0.1) is 23.4 Å². The molecule has 4 aromatic rings. The molecule has 0 amide bonds. The molecule has 4 heteroatoms. The van der Waals surface area contributed by atoms with Gasteiger partial charge < -0.3 is 0 Å². The molecule has 0 fully saturated rings. The fourth-order valence-electron chi connectivity index (χ4n) is 3.91. The van der Waals surface area contributed by atoms with Crippen LogP contribution in [0.4, 0.5) is 0 Å². The molecule has 2 atom stereocenters. The summed E-state index contributed by atoms with van der Waals surface area (Å²) in [5.74, 6) is -0.302. The number of fused-ring (bicyclic) bond motifs is 4. The zero-order chi connectivity index (χ0) is 16.4. The normalized spacial score (nSPS) is 19.8. The summed E-state index contributed by atoms with van der Waals surface area (Å²) >= 11 is 0. The Balaban J connectivity index is 2.06. The van der Waals surface area contributed by atoms with Gasteiger partial charge in [-0.15, -0.1) is 0 Å². The van der Waals surface area contributed by atoms with E-state index in [1.807, 2.05) is 55.5 Å². The van der Waals surface area contributed by atoms with Crippen LogP contribution in [0.3, 0.4) is 0 Å². The zero-order valence-electron chi connectivity index (χ0n) is 13.0. The predicted octanol–water partition coefficient (Wildman–Crippen LogP) is 3.71. The Labute approximate surface area is 137 Å². The molecular formula is C20H13N3O. The average Bonchev–Trinajstić information content (AvgIpc) is 3.00. The SMILES string of the molecule is CC1c2c(nc3c4cccc5cccc(c(=O)n23)c54)C=CC1C#N. The molecule has 24 heavy (non-hydrogen) atoms. The number of hydrogen-bond donors (Lipinski definition) is 0. The van der Waals surface area contributed by atoms with E-state index in [0.29, 0.717) is 11.0 Å². The van der Waals surface area contributed by atoms with Crippen molar-refractivity contribution in [1.29, 1.82) is 5.26 Å². The molecule has 5 rings (SSSR count). The molecule has 0 aliphatic heterocycles. The number of benzene rings is 2. The molecule has 1 aliphatic rings. The van der Waals surface area contributed by atoms with Crippen LogP contribution in [0.25, 0.3) is 33.3 Å². The summed E-state index contributed by atoms with van der Waals surface area (Å²) in [5, 5.41) is 13.0. The molecule has 0 bridgehead atoms. The number of rotatable bonds is 0. The van der Waals surface area contributed by atoms with Crippen molar-refractivity contribution in [2.75, 3.05) is 0 Å². The molecule has 2 aromatic carbocycles. The Bertz CT molecular complexity index is 1250. The first-order chi connectivity index (χ1) is 11.7. The maximum atomic E-state index is 13.2. The van der Waals surface area contributed by atoms with E-state index in [4.69, 9.17) is 4.98 Å². The van der Waals surface area contributed by atoms with Crippen LogP contribution in [0.15, 0.2) is 47.3 Å². The van der Waals surface area contributed by atoms with Crippen LogP contribution in [-0.4, -0.2) is 9.38 Å². The van der Waals surface area contributed by atoms with Crippen molar-refractivity contribution in [1.82, 2.24) is 9.38 Å². The van der Waals surface area contributed by atoms with Gasteiger partial charge in [0.15, 0.2) is 0 Å². The minimum atomic E-state index is -0.237. The van der Waals surface area contributed by atoms with Gasteiger partial charge in [-0.05, 0) is 17.5 Å². The van der Waals surface area contributed by atoms with Crippen molar-refractivity contribution in [3.8, 4) is 6.07 Å². The smallest absolute Gasteiger partial charge is 0.264 e. The number of nitriles is 1. The molecule has 2 heterocycles. The van der Waals surface area contributed by atoms with Crippen LogP contribution < -0.4 is 5.56 Å². The van der Waals surface area contributed by atoms with Crippen LogP contribution in [-0.2, 0) is 0 Å². The highest BCUT2D eigenvalue weighted by molar-refractivity contribution is 6.14. The highest BCUT2D eigenvalue weighted by Crippen LogP contribution is 2.36. The van der Waals surface area contributed by atoms with Gasteiger partial charge in [-0.3, -0.25) is 9.20 Å². The Morgan fingerprint density at radius 3 is 2.67 bits per heavy atom. The van der Waals surface area contributed by atoms with Gasteiger partial charge in [0.25, 0.3) is 5.56 Å². The van der Waals surface area contributed by atoms with E-state index in [1.165, 1.54) is 0 Å². The van der Waals surface area contributed by atoms with E-state index in [9.17, 15) is 10.1 Å². The van der Waals surface area contributed by atoms with E-state index in [2.05, 4.69) is 6.07 Å². The molecule has 114 valence electrons. The molecule has 0 N–H and O–H groups in total. The third kappa shape index (κ3) is 1.47. The molecule has 2 aromatic heterocycles. The lowest BCUT2D eigenvalue weighted by Crippen LogP contribution is -2.20. The summed E-state index contributed by atoms with van der Waals surface area (Å²) in [6.45, 7) is 1.99. The van der Waals surface area contributed by atoms with Gasteiger partial charge in [0.2, 0.25) is 0 Å². The molecule has 0 radical (unpaired) electrons. The lowest BCUT2D eigenvalue weighted by molar-refractivity contribution is 0.624. The van der Waals surface area contributed by atoms with Gasteiger partial charge in [-0.2, -0.15) is 5.26 Å². The largest absolute Gasteiger partial charge is 0.268 e. The van der Waals surface area contributed by atoms with Crippen molar-refractivity contribution in [3.05, 3.63) is 64.2 Å². The van der Waals surface area contributed by atoms with Crippen molar-refractivity contribution < 1.29 is 0 Å². The summed E-state index contributed by atoms with van der Waals surface area (Å²) in [6, 6.07) is 14.1. The first-order valence-corrected chi connectivity index (χ1v) is 7.98. The summed E-state index contributed by atoms with van der Waals surface area (Å²) in [6.07, 6.45) is 3.75. The van der Waals surface area contributed by atoms with E-state index >= 15 is 0 Å². The van der Waals surface area contributed by atoms with E-state index in [-0.39, 0.29) is 17.4 Å². The van der Waals surface area contributed by atoms with Gasteiger partial charge in [-0.1, -0.05) is 43.3 Å². The van der Waals surface area contributed by atoms with Crippen LogP contribution >= 0.6 is 0 Å². The number of hydrogen-bond acceptors (Lipinski definition) is 3. The Morgan fingerprint density at radius 1 is 1.17 bits per heavy atom. The van der Waals surface area contributed by atoms with Crippen LogP contribution in [0.5, 0.6) is 0 Å². The highest BCUT2D eigenvalue weighted by Gasteiger charge is 2.29. The van der Waals surface area contributed by atoms with Gasteiger partial charge >= 0.3 is 0 Å². The molecular weight excluding hydrogens is 298 g/mol. The minimum absolute atomic E-state index is 0.0538. The molecule has 1 aliphatic carbocycles. The minimum Gasteiger partial charge on any atom is -0.268 e. The maximum absolute atomic E-state index is 13.2. The summed E-state index contributed by atoms with van der Waals surface area (Å²) in [5.41, 5.74) is 2.27. The molecule has 2 unspecified atom stereocenters. The van der Waals surface area contributed by atoms with Crippen LogP contribution in [0.2, 0.25) is 0 Å². The summed E-state index contributed by atoms with van der Waals surface area (Å²) < 4.78 is 1.71. The van der Waals surface area contributed by atoms with Gasteiger partial charge in [0, 0.05) is 22.1 Å². The second-order valence-electron chi connectivity index (χ2n) is 6.36. The molecule has 0 spiro atoms. The molecule has 0 saturated heterocycles. The first-order valence-electron chi connectivity index (χ1n) is 7.98. The topological polar surface area (TPSA) is 58.2 Å². The Hall–Kier alpha value is -3.19. The third-order valence-corrected chi connectivity index (χ3v) is 5.10. The summed E-state index contributed by atoms with van der Waals surface area (Å²) in [7, 11) is 0. The molecule has 0 saturated carbocycles. The van der Waals surface area contributed by atoms with E-state index in [0.717, 1.165) is 27.5 Å². The van der Waals surface area contributed by atoms with Crippen molar-refractivity contribution >= 4 is 33.3 Å². The van der Waals surface area contributed by atoms with Gasteiger partial charge in [-0.25, -0.2) is 4.98 Å². The molecule has 4 nitrogen and oxygen atoms in total. The number of imidazole rings is 1. The number of aromatic nitrogens is 2. The first kappa shape index (κ1) is 13.3. The van der Waals surface area contributed by atoms with Crippen molar-refractivity contribution in [3.63, 3.8) is 0 Å². The highest BCUT2D eigenvalue weighted by atomic mass is 16.1.